The zero-order chi connectivity index (χ0) is 27.5. The molecule has 3 rings (SSSR count). The first kappa shape index (κ1) is 27.8. The zero-order valence-corrected chi connectivity index (χ0v) is 21.4. The number of hydrogen-bond donors (Lipinski definition) is 0. The molecular weight excluding hydrogens is 490 g/mol. The van der Waals surface area contributed by atoms with Crippen molar-refractivity contribution in [1.82, 2.24) is 4.90 Å². The van der Waals surface area contributed by atoms with Crippen molar-refractivity contribution in [3.63, 3.8) is 0 Å². The standard InChI is InChI=1S/C28H27N3O7/c1-4-37-23-7-5-20(15-25(23)34-2)14-22(18-30)28(33)38-24-8-6-19(16-26(24)35-3)13-21(17-29)27(32)31-9-11-36-12-10-31/h5-8,13-16H,4,9-12H2,1-3H3/b21-13+,22-14+. The molecule has 2 aromatic rings. The third-order valence-electron chi connectivity index (χ3n) is 5.49. The number of ether oxygens (including phenoxy) is 5. The highest BCUT2D eigenvalue weighted by atomic mass is 16.6. The van der Waals surface area contributed by atoms with Gasteiger partial charge in [0.25, 0.3) is 5.91 Å². The molecule has 0 spiro atoms. The van der Waals surface area contributed by atoms with Gasteiger partial charge in [-0.15, -0.1) is 0 Å². The fraction of sp³-hybridized carbons (Fsp3) is 0.286. The van der Waals surface area contributed by atoms with Crippen molar-refractivity contribution in [3.05, 3.63) is 58.7 Å². The van der Waals surface area contributed by atoms with Gasteiger partial charge in [0, 0.05) is 13.1 Å². The molecule has 10 nitrogen and oxygen atoms in total. The molecule has 0 aliphatic carbocycles. The molecule has 0 saturated carbocycles. The molecule has 1 saturated heterocycles. The lowest BCUT2D eigenvalue weighted by molar-refractivity contribution is -0.131. The van der Waals surface area contributed by atoms with Crippen LogP contribution in [-0.2, 0) is 14.3 Å². The molecule has 1 amide bonds. The van der Waals surface area contributed by atoms with E-state index in [0.29, 0.717) is 55.5 Å². The summed E-state index contributed by atoms with van der Waals surface area (Å²) in [7, 11) is 2.88. The quantitative estimate of drug-likeness (QED) is 0.213. The van der Waals surface area contributed by atoms with Crippen LogP contribution in [-0.4, -0.2) is 63.9 Å². The van der Waals surface area contributed by atoms with Crippen molar-refractivity contribution in [1.29, 1.82) is 10.5 Å². The normalized spacial score (nSPS) is 13.7. The molecule has 0 aromatic heterocycles. The molecule has 2 aromatic carbocycles. The van der Waals surface area contributed by atoms with Crippen molar-refractivity contribution in [2.45, 2.75) is 6.92 Å². The van der Waals surface area contributed by atoms with E-state index in [-0.39, 0.29) is 28.6 Å². The lowest BCUT2D eigenvalue weighted by Crippen LogP contribution is -2.41. The molecule has 0 atom stereocenters. The average Bonchev–Trinajstić information content (AvgIpc) is 2.95. The van der Waals surface area contributed by atoms with E-state index < -0.39 is 5.97 Å². The Labute approximate surface area is 220 Å². The molecule has 1 fully saturated rings. The summed E-state index contributed by atoms with van der Waals surface area (Å²) in [6.45, 7) is 3.97. The van der Waals surface area contributed by atoms with Crippen LogP contribution in [0, 0.1) is 22.7 Å². The molecular formula is C28H27N3O7. The Morgan fingerprint density at radius 1 is 0.895 bits per heavy atom. The van der Waals surface area contributed by atoms with Gasteiger partial charge in [0.1, 0.15) is 23.3 Å². The summed E-state index contributed by atoms with van der Waals surface area (Å²) in [5.41, 5.74) is 0.752. The van der Waals surface area contributed by atoms with E-state index in [0.717, 1.165) is 0 Å². The Balaban J connectivity index is 1.81. The van der Waals surface area contributed by atoms with Crippen LogP contribution in [0.4, 0.5) is 0 Å². The third kappa shape index (κ3) is 6.90. The zero-order valence-electron chi connectivity index (χ0n) is 21.4. The minimum Gasteiger partial charge on any atom is -0.493 e. The Bertz CT molecular complexity index is 1330. The predicted octanol–water partition coefficient (Wildman–Crippen LogP) is 3.38. The van der Waals surface area contributed by atoms with Crippen LogP contribution in [0.1, 0.15) is 18.1 Å². The van der Waals surface area contributed by atoms with Crippen molar-refractivity contribution >= 4 is 24.0 Å². The third-order valence-corrected chi connectivity index (χ3v) is 5.49. The number of rotatable bonds is 9. The van der Waals surface area contributed by atoms with E-state index >= 15 is 0 Å². The van der Waals surface area contributed by atoms with Crippen molar-refractivity contribution in [3.8, 4) is 35.1 Å². The SMILES string of the molecule is CCOc1ccc(/C=C(\C#N)C(=O)Oc2ccc(/C=C(\C#N)C(=O)N3CCOCC3)cc2OC)cc1OC. The first-order valence-corrected chi connectivity index (χ1v) is 11.8. The van der Waals surface area contributed by atoms with E-state index in [1.165, 1.54) is 38.5 Å². The van der Waals surface area contributed by atoms with Gasteiger partial charge in [0.2, 0.25) is 0 Å². The van der Waals surface area contributed by atoms with Gasteiger partial charge in [-0.3, -0.25) is 4.79 Å². The monoisotopic (exact) mass is 517 g/mol. The first-order chi connectivity index (χ1) is 18.4. The molecule has 196 valence electrons. The van der Waals surface area contributed by atoms with Gasteiger partial charge in [0.05, 0.1) is 34.0 Å². The number of nitriles is 2. The summed E-state index contributed by atoms with van der Waals surface area (Å²) < 4.78 is 26.8. The number of hydrogen-bond acceptors (Lipinski definition) is 9. The largest absolute Gasteiger partial charge is 0.493 e. The van der Waals surface area contributed by atoms with Crippen LogP contribution >= 0.6 is 0 Å². The van der Waals surface area contributed by atoms with Crippen LogP contribution in [0.2, 0.25) is 0 Å². The van der Waals surface area contributed by atoms with E-state index in [4.69, 9.17) is 23.7 Å². The van der Waals surface area contributed by atoms with Crippen LogP contribution in [0.3, 0.4) is 0 Å². The minimum absolute atomic E-state index is 0.0424. The number of carbonyl (C=O) groups is 2. The van der Waals surface area contributed by atoms with Gasteiger partial charge in [0.15, 0.2) is 23.0 Å². The molecule has 1 heterocycles. The van der Waals surface area contributed by atoms with Crippen molar-refractivity contribution in [2.24, 2.45) is 0 Å². The van der Waals surface area contributed by atoms with Crippen LogP contribution in [0.25, 0.3) is 12.2 Å². The van der Waals surface area contributed by atoms with E-state index in [2.05, 4.69) is 0 Å². The summed E-state index contributed by atoms with van der Waals surface area (Å²) in [4.78, 5) is 27.0. The highest BCUT2D eigenvalue weighted by Gasteiger charge is 2.21. The van der Waals surface area contributed by atoms with Crippen LogP contribution < -0.4 is 18.9 Å². The number of carbonyl (C=O) groups excluding carboxylic acids is 2. The number of nitrogens with zero attached hydrogens (tertiary/aromatic N) is 3. The van der Waals surface area contributed by atoms with Crippen molar-refractivity contribution < 1.29 is 33.3 Å². The number of methoxy groups -OCH3 is 2. The second-order valence-electron chi connectivity index (χ2n) is 7.89. The average molecular weight is 518 g/mol. The highest BCUT2D eigenvalue weighted by molar-refractivity contribution is 6.02. The van der Waals surface area contributed by atoms with Crippen LogP contribution in [0.5, 0.6) is 23.0 Å². The maximum atomic E-state index is 12.8. The Hall–Kier alpha value is -4.80. The summed E-state index contributed by atoms with van der Waals surface area (Å²) in [6, 6.07) is 13.4. The maximum absolute atomic E-state index is 12.8. The van der Waals surface area contributed by atoms with Gasteiger partial charge in [-0.2, -0.15) is 10.5 Å². The molecule has 1 aliphatic rings. The lowest BCUT2D eigenvalue weighted by Gasteiger charge is -2.26. The summed E-state index contributed by atoms with van der Waals surface area (Å²) in [5, 5.41) is 19.1. The number of esters is 1. The van der Waals surface area contributed by atoms with E-state index in [1.54, 1.807) is 29.2 Å². The molecule has 10 heteroatoms. The molecule has 38 heavy (non-hydrogen) atoms. The Morgan fingerprint density at radius 2 is 1.45 bits per heavy atom. The molecule has 0 bridgehead atoms. The van der Waals surface area contributed by atoms with Gasteiger partial charge >= 0.3 is 5.97 Å². The molecule has 1 aliphatic heterocycles. The molecule has 0 radical (unpaired) electrons. The number of benzene rings is 2. The minimum atomic E-state index is -0.887. The summed E-state index contributed by atoms with van der Waals surface area (Å²) in [6.07, 6.45) is 2.81. The Kier molecular flexibility index (Phi) is 9.86. The van der Waals surface area contributed by atoms with Gasteiger partial charge in [-0.1, -0.05) is 12.1 Å². The maximum Gasteiger partial charge on any atom is 0.354 e. The van der Waals surface area contributed by atoms with Gasteiger partial charge in [-0.05, 0) is 54.5 Å². The predicted molar refractivity (Wildman–Crippen MR) is 137 cm³/mol. The second-order valence-corrected chi connectivity index (χ2v) is 7.89. The second kappa shape index (κ2) is 13.5. The first-order valence-electron chi connectivity index (χ1n) is 11.8. The molecule has 0 unspecified atom stereocenters. The fourth-order valence-electron chi connectivity index (χ4n) is 3.61. The number of morpholine rings is 1. The fourth-order valence-corrected chi connectivity index (χ4v) is 3.61. The van der Waals surface area contributed by atoms with Crippen LogP contribution in [0.15, 0.2) is 47.5 Å². The van der Waals surface area contributed by atoms with Crippen molar-refractivity contribution in [2.75, 3.05) is 47.1 Å². The summed E-state index contributed by atoms with van der Waals surface area (Å²) >= 11 is 0. The van der Waals surface area contributed by atoms with E-state index in [9.17, 15) is 20.1 Å². The smallest absolute Gasteiger partial charge is 0.354 e. The molecule has 0 N–H and O–H groups in total. The lowest BCUT2D eigenvalue weighted by atomic mass is 10.1. The highest BCUT2D eigenvalue weighted by Crippen LogP contribution is 2.31. The van der Waals surface area contributed by atoms with Gasteiger partial charge in [-0.25, -0.2) is 4.79 Å². The van der Waals surface area contributed by atoms with Gasteiger partial charge < -0.3 is 28.6 Å². The topological polar surface area (TPSA) is 131 Å². The van der Waals surface area contributed by atoms with E-state index in [1.807, 2.05) is 19.1 Å². The summed E-state index contributed by atoms with van der Waals surface area (Å²) in [5.74, 6) is -0.0258. The Morgan fingerprint density at radius 3 is 2.00 bits per heavy atom. The number of amides is 1.